The molecule has 0 aliphatic heterocycles. The van der Waals surface area contributed by atoms with Gasteiger partial charge in [0.1, 0.15) is 6.07 Å². The molecular weight excluding hydrogens is 180 g/mol. The third-order valence-electron chi connectivity index (χ3n) is 1.48. The topological polar surface area (TPSA) is 62.5 Å². The molecule has 0 spiro atoms. The second kappa shape index (κ2) is 4.77. The van der Waals surface area contributed by atoms with E-state index < -0.39 is 5.97 Å². The molecule has 0 saturated heterocycles. The van der Waals surface area contributed by atoms with E-state index in [-0.39, 0.29) is 5.71 Å². The van der Waals surface area contributed by atoms with Gasteiger partial charge < -0.3 is 4.74 Å². The summed E-state index contributed by atoms with van der Waals surface area (Å²) in [6, 6.07) is 10.4. The number of rotatable bonds is 2. The smallest absolute Gasteiger partial charge is 0.367 e. The molecule has 1 aromatic rings. The van der Waals surface area contributed by atoms with Crippen LogP contribution < -0.4 is 0 Å². The van der Waals surface area contributed by atoms with Crippen LogP contribution in [0.3, 0.4) is 0 Å². The molecule has 4 nitrogen and oxygen atoms in total. The number of carbonyl (C=O) groups excluding carboxylic acids is 1. The Labute approximate surface area is 81.5 Å². The lowest BCUT2D eigenvalue weighted by molar-refractivity contribution is -0.132. The minimum absolute atomic E-state index is 0.251. The number of nitriles is 1. The van der Waals surface area contributed by atoms with Crippen molar-refractivity contribution in [1.29, 1.82) is 5.26 Å². The fraction of sp³-hybridized carbons (Fsp3) is 0.100. The largest absolute Gasteiger partial charge is 0.464 e. The zero-order chi connectivity index (χ0) is 10.4. The molecule has 0 bridgehead atoms. The van der Waals surface area contributed by atoms with E-state index in [1.54, 1.807) is 30.3 Å². The van der Waals surface area contributed by atoms with Gasteiger partial charge in [-0.2, -0.15) is 5.26 Å². The molecule has 0 atom stereocenters. The molecular formula is C10H8N2O2. The summed E-state index contributed by atoms with van der Waals surface area (Å²) in [4.78, 5) is 14.8. The first-order valence-electron chi connectivity index (χ1n) is 3.90. The van der Waals surface area contributed by atoms with E-state index in [0.29, 0.717) is 5.69 Å². The summed E-state index contributed by atoms with van der Waals surface area (Å²) < 4.78 is 4.38. The number of nitrogens with zero attached hydrogens (tertiary/aromatic N) is 2. The maximum absolute atomic E-state index is 11.0. The van der Waals surface area contributed by atoms with E-state index in [1.165, 1.54) is 7.11 Å². The second-order valence-electron chi connectivity index (χ2n) is 2.40. The number of aliphatic imine (C=N–C) groups is 1. The van der Waals surface area contributed by atoms with Gasteiger partial charge >= 0.3 is 5.97 Å². The van der Waals surface area contributed by atoms with Crippen molar-refractivity contribution in [3.63, 3.8) is 0 Å². The lowest BCUT2D eigenvalue weighted by atomic mass is 10.3. The lowest BCUT2D eigenvalue weighted by Crippen LogP contribution is -2.12. The quantitative estimate of drug-likeness (QED) is 0.521. The zero-order valence-corrected chi connectivity index (χ0v) is 7.60. The number of para-hydroxylation sites is 1. The van der Waals surface area contributed by atoms with E-state index in [0.717, 1.165) is 0 Å². The predicted octanol–water partition coefficient (Wildman–Crippen LogP) is 1.46. The van der Waals surface area contributed by atoms with Gasteiger partial charge in [-0.3, -0.25) is 0 Å². The molecule has 1 rings (SSSR count). The third kappa shape index (κ3) is 2.42. The Morgan fingerprint density at radius 2 is 2.07 bits per heavy atom. The zero-order valence-electron chi connectivity index (χ0n) is 7.60. The minimum atomic E-state index is -0.726. The van der Waals surface area contributed by atoms with Gasteiger partial charge in [0.15, 0.2) is 0 Å². The Bertz CT molecular complexity index is 390. The Kier molecular flexibility index (Phi) is 3.39. The van der Waals surface area contributed by atoms with Gasteiger partial charge in [0.25, 0.3) is 0 Å². The average Bonchev–Trinajstić information content (AvgIpc) is 2.26. The number of ether oxygens (including phenoxy) is 1. The molecule has 4 heteroatoms. The first-order valence-corrected chi connectivity index (χ1v) is 3.90. The summed E-state index contributed by atoms with van der Waals surface area (Å²) in [5, 5.41) is 8.61. The van der Waals surface area contributed by atoms with Gasteiger partial charge in [-0.25, -0.2) is 9.79 Å². The molecule has 0 radical (unpaired) electrons. The van der Waals surface area contributed by atoms with Gasteiger partial charge in [-0.15, -0.1) is 0 Å². The monoisotopic (exact) mass is 188 g/mol. The van der Waals surface area contributed by atoms with Crippen molar-refractivity contribution < 1.29 is 9.53 Å². The highest BCUT2D eigenvalue weighted by atomic mass is 16.5. The van der Waals surface area contributed by atoms with Gasteiger partial charge in [0, 0.05) is 0 Å². The molecule has 0 fully saturated rings. The summed E-state index contributed by atoms with van der Waals surface area (Å²) in [5.74, 6) is -0.726. The summed E-state index contributed by atoms with van der Waals surface area (Å²) in [5.41, 5.74) is 0.299. The molecule has 0 amide bonds. The van der Waals surface area contributed by atoms with Crippen molar-refractivity contribution in [2.45, 2.75) is 0 Å². The van der Waals surface area contributed by atoms with Gasteiger partial charge in [0.05, 0.1) is 12.8 Å². The van der Waals surface area contributed by atoms with Crippen molar-refractivity contribution in [2.75, 3.05) is 7.11 Å². The van der Waals surface area contributed by atoms with Crippen LogP contribution in [0.4, 0.5) is 5.69 Å². The van der Waals surface area contributed by atoms with Crippen molar-refractivity contribution in [1.82, 2.24) is 0 Å². The number of hydrogen-bond acceptors (Lipinski definition) is 4. The highest BCUT2D eigenvalue weighted by molar-refractivity contribution is 6.43. The average molecular weight is 188 g/mol. The fourth-order valence-corrected chi connectivity index (χ4v) is 0.845. The van der Waals surface area contributed by atoms with Crippen molar-refractivity contribution in [3.05, 3.63) is 30.3 Å². The number of benzene rings is 1. The predicted molar refractivity (Wildman–Crippen MR) is 51.2 cm³/mol. The number of hydrogen-bond donors (Lipinski definition) is 0. The van der Waals surface area contributed by atoms with Gasteiger partial charge in [-0.05, 0) is 12.1 Å². The minimum Gasteiger partial charge on any atom is -0.464 e. The normalized spacial score (nSPS) is 10.4. The van der Waals surface area contributed by atoms with Crippen LogP contribution in [0.2, 0.25) is 0 Å². The lowest BCUT2D eigenvalue weighted by Gasteiger charge is -1.95. The molecule has 1 aromatic carbocycles. The van der Waals surface area contributed by atoms with Crippen LogP contribution in [0.25, 0.3) is 0 Å². The molecule has 0 saturated carbocycles. The summed E-state index contributed by atoms with van der Waals surface area (Å²) in [7, 11) is 1.21. The van der Waals surface area contributed by atoms with E-state index >= 15 is 0 Å². The van der Waals surface area contributed by atoms with Crippen molar-refractivity contribution in [2.24, 2.45) is 4.99 Å². The van der Waals surface area contributed by atoms with Crippen molar-refractivity contribution in [3.8, 4) is 6.07 Å². The summed E-state index contributed by atoms with van der Waals surface area (Å²) in [6.45, 7) is 0. The van der Waals surface area contributed by atoms with Crippen LogP contribution in [0.5, 0.6) is 0 Å². The first kappa shape index (κ1) is 9.93. The number of methoxy groups -OCH3 is 1. The highest BCUT2D eigenvalue weighted by Crippen LogP contribution is 2.10. The Morgan fingerprint density at radius 3 is 2.57 bits per heavy atom. The third-order valence-corrected chi connectivity index (χ3v) is 1.48. The van der Waals surface area contributed by atoms with Crippen LogP contribution in [-0.2, 0) is 9.53 Å². The fourth-order valence-electron chi connectivity index (χ4n) is 0.845. The molecule has 0 aromatic heterocycles. The highest BCUT2D eigenvalue weighted by Gasteiger charge is 2.09. The van der Waals surface area contributed by atoms with Crippen LogP contribution >= 0.6 is 0 Å². The maximum atomic E-state index is 11.0. The molecule has 14 heavy (non-hydrogen) atoms. The second-order valence-corrected chi connectivity index (χ2v) is 2.40. The summed E-state index contributed by atoms with van der Waals surface area (Å²) in [6.07, 6.45) is 0. The maximum Gasteiger partial charge on any atom is 0.367 e. The van der Waals surface area contributed by atoms with E-state index in [1.807, 2.05) is 6.07 Å². The molecule has 0 aliphatic carbocycles. The Morgan fingerprint density at radius 1 is 1.43 bits per heavy atom. The summed E-state index contributed by atoms with van der Waals surface area (Å²) >= 11 is 0. The molecule has 0 N–H and O–H groups in total. The van der Waals surface area contributed by atoms with Gasteiger partial charge in [0.2, 0.25) is 5.71 Å². The molecule has 0 unspecified atom stereocenters. The Hall–Kier alpha value is -2.15. The van der Waals surface area contributed by atoms with E-state index in [2.05, 4.69) is 9.73 Å². The molecule has 0 aliphatic rings. The van der Waals surface area contributed by atoms with Gasteiger partial charge in [-0.1, -0.05) is 18.2 Å². The van der Waals surface area contributed by atoms with E-state index in [9.17, 15) is 4.79 Å². The molecule has 70 valence electrons. The molecule has 0 heterocycles. The number of esters is 1. The van der Waals surface area contributed by atoms with Crippen LogP contribution in [0.1, 0.15) is 0 Å². The first-order chi connectivity index (χ1) is 6.77. The van der Waals surface area contributed by atoms with E-state index in [4.69, 9.17) is 5.26 Å². The van der Waals surface area contributed by atoms with Crippen LogP contribution in [0.15, 0.2) is 35.3 Å². The van der Waals surface area contributed by atoms with Crippen LogP contribution in [-0.4, -0.2) is 18.8 Å². The number of carbonyl (C=O) groups is 1. The SMILES string of the molecule is COC(=O)C(C#N)=Nc1ccccc1. The van der Waals surface area contributed by atoms with Crippen LogP contribution in [0, 0.1) is 11.3 Å². The van der Waals surface area contributed by atoms with Crippen molar-refractivity contribution >= 4 is 17.4 Å². The standard InChI is InChI=1S/C10H8N2O2/c1-14-10(13)9(7-11)12-8-5-3-2-4-6-8/h2-6H,1H3. The Balaban J connectivity index is 2.97.